The fourth-order valence-corrected chi connectivity index (χ4v) is 3.13. The molecule has 7 nitrogen and oxygen atoms in total. The van der Waals surface area contributed by atoms with Crippen LogP contribution in [0, 0.1) is 17.0 Å². The van der Waals surface area contributed by atoms with Crippen LogP contribution in [-0.2, 0) is 10.0 Å². The standard InChI is InChI=1S/C12H18N2O5S/c1-4-12(3,15)8-13-20(18,19)11-9(2)6-5-7-10(11)14(16)17/h5-7,13,15H,4,8H2,1-3H3. The van der Waals surface area contributed by atoms with Gasteiger partial charge in [0.2, 0.25) is 10.0 Å². The van der Waals surface area contributed by atoms with Gasteiger partial charge in [-0.2, -0.15) is 0 Å². The van der Waals surface area contributed by atoms with Crippen LogP contribution in [0.2, 0.25) is 0 Å². The minimum atomic E-state index is -4.06. The molecule has 2 N–H and O–H groups in total. The van der Waals surface area contributed by atoms with Crippen LogP contribution < -0.4 is 4.72 Å². The highest BCUT2D eigenvalue weighted by Crippen LogP contribution is 2.26. The van der Waals surface area contributed by atoms with Crippen molar-refractivity contribution in [1.29, 1.82) is 0 Å². The zero-order chi connectivity index (χ0) is 15.6. The lowest BCUT2D eigenvalue weighted by Crippen LogP contribution is -2.40. The Bertz CT molecular complexity index is 610. The minimum absolute atomic E-state index is 0.211. The van der Waals surface area contributed by atoms with Crippen molar-refractivity contribution >= 4 is 15.7 Å². The van der Waals surface area contributed by atoms with E-state index in [0.717, 1.165) is 6.07 Å². The number of benzene rings is 1. The molecule has 112 valence electrons. The van der Waals surface area contributed by atoms with E-state index in [1.54, 1.807) is 6.92 Å². The molecule has 1 rings (SSSR count). The Morgan fingerprint density at radius 3 is 2.55 bits per heavy atom. The van der Waals surface area contributed by atoms with Crippen molar-refractivity contribution in [2.75, 3.05) is 6.54 Å². The Balaban J connectivity index is 3.20. The van der Waals surface area contributed by atoms with Crippen LogP contribution in [0.15, 0.2) is 23.1 Å². The molecule has 0 heterocycles. The maximum Gasteiger partial charge on any atom is 0.289 e. The quantitative estimate of drug-likeness (QED) is 0.608. The lowest BCUT2D eigenvalue weighted by molar-refractivity contribution is -0.387. The molecule has 0 bridgehead atoms. The smallest absolute Gasteiger partial charge is 0.289 e. The first kappa shape index (κ1) is 16.5. The van der Waals surface area contributed by atoms with E-state index in [1.807, 2.05) is 0 Å². The Morgan fingerprint density at radius 1 is 1.45 bits per heavy atom. The van der Waals surface area contributed by atoms with Gasteiger partial charge >= 0.3 is 0 Å². The molecule has 0 amide bonds. The van der Waals surface area contributed by atoms with E-state index < -0.39 is 26.2 Å². The van der Waals surface area contributed by atoms with E-state index in [2.05, 4.69) is 4.72 Å². The summed E-state index contributed by atoms with van der Waals surface area (Å²) in [7, 11) is -4.06. The van der Waals surface area contributed by atoms with E-state index in [4.69, 9.17) is 0 Å². The SMILES string of the molecule is CCC(C)(O)CNS(=O)(=O)c1c(C)cccc1[N+](=O)[O-]. The van der Waals surface area contributed by atoms with Crippen LogP contribution in [0.25, 0.3) is 0 Å². The zero-order valence-electron chi connectivity index (χ0n) is 11.6. The predicted octanol–water partition coefficient (Wildman–Crippen LogP) is 1.34. The van der Waals surface area contributed by atoms with Crippen molar-refractivity contribution in [2.24, 2.45) is 0 Å². The topological polar surface area (TPSA) is 110 Å². The number of aryl methyl sites for hydroxylation is 1. The van der Waals surface area contributed by atoms with Crippen molar-refractivity contribution in [3.05, 3.63) is 33.9 Å². The number of hydrogen-bond donors (Lipinski definition) is 2. The van der Waals surface area contributed by atoms with Gasteiger partial charge in [-0.3, -0.25) is 10.1 Å². The first-order valence-electron chi connectivity index (χ1n) is 6.07. The van der Waals surface area contributed by atoms with Crippen LogP contribution >= 0.6 is 0 Å². The minimum Gasteiger partial charge on any atom is -0.389 e. The van der Waals surface area contributed by atoms with Gasteiger partial charge in [0, 0.05) is 12.6 Å². The highest BCUT2D eigenvalue weighted by molar-refractivity contribution is 7.89. The number of nitrogens with one attached hydrogen (secondary N) is 1. The molecule has 0 aliphatic rings. The highest BCUT2D eigenvalue weighted by Gasteiger charge is 2.29. The molecule has 0 saturated carbocycles. The molecule has 0 aromatic heterocycles. The van der Waals surface area contributed by atoms with Gasteiger partial charge in [0.1, 0.15) is 0 Å². The molecule has 0 saturated heterocycles. The molecule has 8 heteroatoms. The third-order valence-electron chi connectivity index (χ3n) is 3.06. The maximum atomic E-state index is 12.2. The molecule has 0 aliphatic carbocycles. The van der Waals surface area contributed by atoms with Crippen molar-refractivity contribution < 1.29 is 18.4 Å². The second-order valence-electron chi connectivity index (χ2n) is 4.86. The normalized spacial score (nSPS) is 14.8. The van der Waals surface area contributed by atoms with Gasteiger partial charge in [-0.05, 0) is 25.8 Å². The van der Waals surface area contributed by atoms with Crippen LogP contribution in [0.4, 0.5) is 5.69 Å². The Morgan fingerprint density at radius 2 is 2.05 bits per heavy atom. The summed E-state index contributed by atoms with van der Waals surface area (Å²) in [5, 5.41) is 20.8. The molecule has 0 fully saturated rings. The number of aliphatic hydroxyl groups is 1. The van der Waals surface area contributed by atoms with Gasteiger partial charge < -0.3 is 5.11 Å². The molecular formula is C12H18N2O5S. The van der Waals surface area contributed by atoms with E-state index >= 15 is 0 Å². The molecule has 0 radical (unpaired) electrons. The van der Waals surface area contributed by atoms with Crippen LogP contribution in [0.3, 0.4) is 0 Å². The van der Waals surface area contributed by atoms with Crippen molar-refractivity contribution in [3.8, 4) is 0 Å². The summed E-state index contributed by atoms with van der Waals surface area (Å²) in [4.78, 5) is 9.84. The highest BCUT2D eigenvalue weighted by atomic mass is 32.2. The van der Waals surface area contributed by atoms with E-state index in [9.17, 15) is 23.6 Å². The van der Waals surface area contributed by atoms with Crippen LogP contribution in [0.5, 0.6) is 0 Å². The Labute approximate surface area is 117 Å². The second-order valence-corrected chi connectivity index (χ2v) is 6.56. The van der Waals surface area contributed by atoms with Crippen molar-refractivity contribution in [2.45, 2.75) is 37.7 Å². The number of sulfonamides is 1. The second kappa shape index (κ2) is 5.86. The zero-order valence-corrected chi connectivity index (χ0v) is 12.4. The molecule has 20 heavy (non-hydrogen) atoms. The first-order valence-corrected chi connectivity index (χ1v) is 7.55. The summed E-state index contributed by atoms with van der Waals surface area (Å²) in [6.07, 6.45) is 0.353. The fourth-order valence-electron chi connectivity index (χ4n) is 1.58. The summed E-state index contributed by atoms with van der Waals surface area (Å²) < 4.78 is 26.6. The number of hydrogen-bond acceptors (Lipinski definition) is 5. The molecule has 0 aliphatic heterocycles. The van der Waals surface area contributed by atoms with Gasteiger partial charge in [-0.1, -0.05) is 19.1 Å². The largest absolute Gasteiger partial charge is 0.389 e. The summed E-state index contributed by atoms with van der Waals surface area (Å²) in [5.74, 6) is 0. The number of rotatable bonds is 6. The third-order valence-corrected chi connectivity index (χ3v) is 4.65. The first-order chi connectivity index (χ1) is 9.10. The lowest BCUT2D eigenvalue weighted by atomic mass is 10.1. The molecule has 1 aromatic rings. The van der Waals surface area contributed by atoms with E-state index in [-0.39, 0.29) is 17.0 Å². The Hall–Kier alpha value is -1.51. The molecule has 1 aromatic carbocycles. The van der Waals surface area contributed by atoms with Gasteiger partial charge in [0.05, 0.1) is 10.5 Å². The summed E-state index contributed by atoms with van der Waals surface area (Å²) in [5.41, 5.74) is -1.40. The van der Waals surface area contributed by atoms with Crippen LogP contribution in [-0.4, -0.2) is 30.6 Å². The monoisotopic (exact) mass is 302 g/mol. The number of nitro groups is 1. The molecule has 1 atom stereocenters. The molecule has 1 unspecified atom stereocenters. The van der Waals surface area contributed by atoms with Gasteiger partial charge in [-0.25, -0.2) is 13.1 Å². The predicted molar refractivity (Wildman–Crippen MR) is 73.9 cm³/mol. The average molecular weight is 302 g/mol. The van der Waals surface area contributed by atoms with E-state index in [1.165, 1.54) is 26.0 Å². The van der Waals surface area contributed by atoms with Crippen molar-refractivity contribution in [1.82, 2.24) is 4.72 Å². The fraction of sp³-hybridized carbons (Fsp3) is 0.500. The lowest BCUT2D eigenvalue weighted by Gasteiger charge is -2.21. The van der Waals surface area contributed by atoms with Gasteiger partial charge in [0.25, 0.3) is 5.69 Å². The maximum absolute atomic E-state index is 12.2. The summed E-state index contributed by atoms with van der Waals surface area (Å²) >= 11 is 0. The number of nitro benzene ring substituents is 1. The van der Waals surface area contributed by atoms with Crippen molar-refractivity contribution in [3.63, 3.8) is 0 Å². The summed E-state index contributed by atoms with van der Waals surface area (Å²) in [6.45, 7) is 4.48. The molecule has 0 spiro atoms. The average Bonchev–Trinajstić information content (AvgIpc) is 2.36. The number of nitrogens with zero attached hydrogens (tertiary/aromatic N) is 1. The summed E-state index contributed by atoms with van der Waals surface area (Å²) in [6, 6.07) is 4.05. The van der Waals surface area contributed by atoms with Crippen LogP contribution in [0.1, 0.15) is 25.8 Å². The van der Waals surface area contributed by atoms with E-state index in [0.29, 0.717) is 6.42 Å². The third kappa shape index (κ3) is 3.75. The van der Waals surface area contributed by atoms with Gasteiger partial charge in [-0.15, -0.1) is 0 Å². The van der Waals surface area contributed by atoms with Gasteiger partial charge in [0.15, 0.2) is 4.90 Å². The Kier molecular flexibility index (Phi) is 4.85. The molecular weight excluding hydrogens is 284 g/mol.